The Labute approximate surface area is 87.9 Å². The van der Waals surface area contributed by atoms with Crippen molar-refractivity contribution in [3.05, 3.63) is 29.3 Å². The largest absolute Gasteiger partial charge is 0.326 e. The van der Waals surface area contributed by atoms with Crippen LogP contribution in [-0.4, -0.2) is 8.42 Å². The topological polar surface area (TPSA) is 86.2 Å². The van der Waals surface area contributed by atoms with E-state index in [2.05, 4.69) is 0 Å². The maximum absolute atomic E-state index is 11.1. The number of alkyl halides is 1. The summed E-state index contributed by atoms with van der Waals surface area (Å²) in [7, 11) is -3.69. The van der Waals surface area contributed by atoms with Crippen molar-refractivity contribution in [2.24, 2.45) is 10.9 Å². The van der Waals surface area contributed by atoms with Crippen LogP contribution < -0.4 is 10.9 Å². The fourth-order valence-corrected chi connectivity index (χ4v) is 2.08. The van der Waals surface area contributed by atoms with Gasteiger partial charge in [0.1, 0.15) is 0 Å². The highest BCUT2D eigenvalue weighted by atomic mass is 35.5. The highest BCUT2D eigenvalue weighted by molar-refractivity contribution is 7.89. The molecule has 0 atom stereocenters. The van der Waals surface area contributed by atoms with Crippen LogP contribution in [0.15, 0.2) is 23.1 Å². The quantitative estimate of drug-likeness (QED) is 0.748. The van der Waals surface area contributed by atoms with Gasteiger partial charge in [-0.2, -0.15) is 0 Å². The summed E-state index contributed by atoms with van der Waals surface area (Å²) in [6.45, 7) is 0.122. The first-order valence-corrected chi connectivity index (χ1v) is 5.97. The first-order valence-electron chi connectivity index (χ1n) is 3.89. The Morgan fingerprint density at radius 1 is 1.36 bits per heavy atom. The van der Waals surface area contributed by atoms with Crippen LogP contribution in [0.25, 0.3) is 0 Å². The van der Waals surface area contributed by atoms with E-state index >= 15 is 0 Å². The van der Waals surface area contributed by atoms with Gasteiger partial charge in [0.2, 0.25) is 10.0 Å². The van der Waals surface area contributed by atoms with Gasteiger partial charge in [-0.15, -0.1) is 11.6 Å². The van der Waals surface area contributed by atoms with Crippen molar-refractivity contribution in [1.29, 1.82) is 0 Å². The van der Waals surface area contributed by atoms with Crippen molar-refractivity contribution in [2.75, 3.05) is 0 Å². The number of primary sulfonamides is 1. The Morgan fingerprint density at radius 2 is 2.00 bits per heavy atom. The number of nitrogens with two attached hydrogens (primary N) is 2. The Balaban J connectivity index is 3.33. The van der Waals surface area contributed by atoms with Crippen molar-refractivity contribution in [3.63, 3.8) is 0 Å². The second kappa shape index (κ2) is 4.27. The fourth-order valence-electron chi connectivity index (χ4n) is 1.15. The fraction of sp³-hybridized carbons (Fsp3) is 0.250. The molecule has 1 rings (SSSR count). The summed E-state index contributed by atoms with van der Waals surface area (Å²) in [6.07, 6.45) is 0. The van der Waals surface area contributed by atoms with Crippen LogP contribution in [0.4, 0.5) is 0 Å². The summed E-state index contributed by atoms with van der Waals surface area (Å²) < 4.78 is 22.2. The molecule has 6 heteroatoms. The number of halogens is 1. The summed E-state index contributed by atoms with van der Waals surface area (Å²) in [6, 6.07) is 4.69. The van der Waals surface area contributed by atoms with Crippen LogP contribution >= 0.6 is 11.6 Å². The molecule has 0 saturated heterocycles. The number of benzene rings is 1. The number of hydrogen-bond acceptors (Lipinski definition) is 3. The molecule has 0 fully saturated rings. The van der Waals surface area contributed by atoms with E-state index < -0.39 is 10.0 Å². The van der Waals surface area contributed by atoms with Crippen LogP contribution in [0.5, 0.6) is 0 Å². The minimum atomic E-state index is -3.69. The molecule has 0 aliphatic heterocycles. The Hall–Kier alpha value is -0.620. The summed E-state index contributed by atoms with van der Waals surface area (Å²) in [5.41, 5.74) is 6.72. The lowest BCUT2D eigenvalue weighted by Gasteiger charge is -2.06. The molecule has 0 amide bonds. The molecule has 0 unspecified atom stereocenters. The lowest BCUT2D eigenvalue weighted by Crippen LogP contribution is -2.16. The van der Waals surface area contributed by atoms with E-state index in [1.807, 2.05) is 0 Å². The summed E-state index contributed by atoms with van der Waals surface area (Å²) >= 11 is 5.60. The standard InChI is InChI=1S/C8H11ClN2O2S/c9-4-6-1-2-8(14(11,12)13)7(3-6)5-10/h1-3H,4-5,10H2,(H2,11,12,13). The van der Waals surface area contributed by atoms with E-state index in [9.17, 15) is 8.42 Å². The van der Waals surface area contributed by atoms with Crippen molar-refractivity contribution in [1.82, 2.24) is 0 Å². The van der Waals surface area contributed by atoms with Gasteiger partial charge in [-0.3, -0.25) is 0 Å². The molecule has 0 saturated carbocycles. The van der Waals surface area contributed by atoms with E-state index in [-0.39, 0.29) is 11.4 Å². The molecule has 0 aliphatic rings. The summed E-state index contributed by atoms with van der Waals surface area (Å²) in [4.78, 5) is 0.0638. The second-order valence-electron chi connectivity index (χ2n) is 2.82. The molecule has 0 radical (unpaired) electrons. The minimum absolute atomic E-state index is 0.0638. The summed E-state index contributed by atoms with van der Waals surface area (Å²) in [5.74, 6) is 0.317. The number of sulfonamides is 1. The predicted octanol–water partition coefficient (Wildman–Crippen LogP) is 0.532. The Kier molecular flexibility index (Phi) is 3.49. The Bertz CT molecular complexity index is 431. The monoisotopic (exact) mass is 234 g/mol. The molecule has 4 N–H and O–H groups in total. The minimum Gasteiger partial charge on any atom is -0.326 e. The first-order chi connectivity index (χ1) is 6.49. The van der Waals surface area contributed by atoms with E-state index in [1.54, 1.807) is 12.1 Å². The summed E-state index contributed by atoms with van der Waals surface area (Å²) in [5, 5.41) is 5.01. The third-order valence-corrected chi connectivity index (χ3v) is 3.13. The van der Waals surface area contributed by atoms with Gasteiger partial charge in [-0.05, 0) is 17.2 Å². The lowest BCUT2D eigenvalue weighted by molar-refractivity contribution is 0.596. The van der Waals surface area contributed by atoms with E-state index in [0.717, 1.165) is 5.56 Å². The highest BCUT2D eigenvalue weighted by Gasteiger charge is 2.12. The third-order valence-electron chi connectivity index (χ3n) is 1.81. The first kappa shape index (κ1) is 11.5. The molecule has 0 aliphatic carbocycles. The molecule has 1 aromatic carbocycles. The van der Waals surface area contributed by atoms with Crippen LogP contribution in [0.2, 0.25) is 0 Å². The molecule has 0 heterocycles. The maximum atomic E-state index is 11.1. The lowest BCUT2D eigenvalue weighted by atomic mass is 10.1. The van der Waals surface area contributed by atoms with E-state index in [4.69, 9.17) is 22.5 Å². The van der Waals surface area contributed by atoms with Gasteiger partial charge in [0.15, 0.2) is 0 Å². The van der Waals surface area contributed by atoms with Crippen LogP contribution in [0.3, 0.4) is 0 Å². The van der Waals surface area contributed by atoms with Crippen LogP contribution in [-0.2, 0) is 22.4 Å². The maximum Gasteiger partial charge on any atom is 0.238 e. The van der Waals surface area contributed by atoms with Gasteiger partial charge in [0.05, 0.1) is 4.90 Å². The second-order valence-corrected chi connectivity index (χ2v) is 4.62. The van der Waals surface area contributed by atoms with Gasteiger partial charge < -0.3 is 5.73 Å². The van der Waals surface area contributed by atoms with Crippen molar-refractivity contribution >= 4 is 21.6 Å². The highest BCUT2D eigenvalue weighted by Crippen LogP contribution is 2.16. The predicted molar refractivity (Wildman–Crippen MR) is 55.3 cm³/mol. The van der Waals surface area contributed by atoms with Crippen LogP contribution in [0, 0.1) is 0 Å². The van der Waals surface area contributed by atoms with Crippen molar-refractivity contribution < 1.29 is 8.42 Å². The average Bonchev–Trinajstić information content (AvgIpc) is 2.15. The Morgan fingerprint density at radius 3 is 2.43 bits per heavy atom. The zero-order valence-corrected chi connectivity index (χ0v) is 8.98. The zero-order chi connectivity index (χ0) is 10.8. The van der Waals surface area contributed by atoms with Crippen molar-refractivity contribution in [2.45, 2.75) is 17.3 Å². The van der Waals surface area contributed by atoms with Crippen molar-refractivity contribution in [3.8, 4) is 0 Å². The smallest absolute Gasteiger partial charge is 0.238 e. The molecule has 0 aromatic heterocycles. The molecule has 0 spiro atoms. The van der Waals surface area contributed by atoms with Gasteiger partial charge in [-0.25, -0.2) is 13.6 Å². The van der Waals surface area contributed by atoms with E-state index in [0.29, 0.717) is 11.4 Å². The zero-order valence-electron chi connectivity index (χ0n) is 7.40. The van der Waals surface area contributed by atoms with Gasteiger partial charge in [-0.1, -0.05) is 12.1 Å². The van der Waals surface area contributed by atoms with Crippen LogP contribution in [0.1, 0.15) is 11.1 Å². The molecule has 1 aromatic rings. The SMILES string of the molecule is NCc1cc(CCl)ccc1S(N)(=O)=O. The van der Waals surface area contributed by atoms with Gasteiger partial charge in [0.25, 0.3) is 0 Å². The molecule has 0 bridgehead atoms. The van der Waals surface area contributed by atoms with Gasteiger partial charge in [0, 0.05) is 12.4 Å². The molecular weight excluding hydrogens is 224 g/mol. The molecular formula is C8H11ClN2O2S. The van der Waals surface area contributed by atoms with Gasteiger partial charge >= 0.3 is 0 Å². The molecule has 14 heavy (non-hydrogen) atoms. The number of rotatable bonds is 3. The normalized spacial score (nSPS) is 11.6. The average molecular weight is 235 g/mol. The third kappa shape index (κ3) is 2.45. The van der Waals surface area contributed by atoms with E-state index in [1.165, 1.54) is 6.07 Å². The molecule has 4 nitrogen and oxygen atoms in total. The molecule has 78 valence electrons. The number of hydrogen-bond donors (Lipinski definition) is 2.